The van der Waals surface area contributed by atoms with Gasteiger partial charge in [0.1, 0.15) is 11.6 Å². The molecule has 0 unspecified atom stereocenters. The van der Waals surface area contributed by atoms with Gasteiger partial charge >= 0.3 is 0 Å². The van der Waals surface area contributed by atoms with Crippen LogP contribution in [0.3, 0.4) is 0 Å². The molecule has 0 aliphatic heterocycles. The summed E-state index contributed by atoms with van der Waals surface area (Å²) >= 11 is 0. The first-order valence-corrected chi connectivity index (χ1v) is 6.57. The molecule has 0 amide bonds. The minimum absolute atomic E-state index is 0.0687. The Bertz CT molecular complexity index is 664. The summed E-state index contributed by atoms with van der Waals surface area (Å²) in [6.45, 7) is 0. The van der Waals surface area contributed by atoms with Crippen LogP contribution in [0, 0.1) is 5.82 Å². The Labute approximate surface area is 97.4 Å². The highest BCUT2D eigenvalue weighted by atomic mass is 32.2. The summed E-state index contributed by atoms with van der Waals surface area (Å²) in [6, 6.07) is 3.67. The first kappa shape index (κ1) is 11.6. The third-order valence-electron chi connectivity index (χ3n) is 2.33. The molecule has 1 heterocycles. The lowest BCUT2D eigenvalue weighted by molar-refractivity contribution is 0.596. The molecule has 7 heteroatoms. The van der Waals surface area contributed by atoms with Gasteiger partial charge in [0.15, 0.2) is 9.84 Å². The molecule has 17 heavy (non-hydrogen) atoms. The number of nitrogens with one attached hydrogen (secondary N) is 1. The smallest absolute Gasteiger partial charge is 0.175 e. The predicted molar refractivity (Wildman–Crippen MR) is 61.5 cm³/mol. The van der Waals surface area contributed by atoms with Crippen LogP contribution in [-0.4, -0.2) is 24.9 Å². The molecule has 0 atom stereocenters. The SMILES string of the molecule is CS(=O)(=O)c1ccc(-c2cn[nH]c2N)c(F)c1. The van der Waals surface area contributed by atoms with Crippen LogP contribution < -0.4 is 5.73 Å². The number of benzene rings is 1. The Morgan fingerprint density at radius 3 is 2.53 bits per heavy atom. The summed E-state index contributed by atoms with van der Waals surface area (Å²) < 4.78 is 36.2. The highest BCUT2D eigenvalue weighted by Crippen LogP contribution is 2.27. The van der Waals surface area contributed by atoms with Gasteiger partial charge in [0.05, 0.1) is 11.1 Å². The molecule has 2 rings (SSSR count). The van der Waals surface area contributed by atoms with Gasteiger partial charge in [-0.1, -0.05) is 0 Å². The van der Waals surface area contributed by atoms with Crippen molar-refractivity contribution in [3.63, 3.8) is 0 Å². The molecule has 0 bridgehead atoms. The van der Waals surface area contributed by atoms with E-state index in [9.17, 15) is 12.8 Å². The van der Waals surface area contributed by atoms with Crippen molar-refractivity contribution < 1.29 is 12.8 Å². The quantitative estimate of drug-likeness (QED) is 0.843. The van der Waals surface area contributed by atoms with E-state index in [4.69, 9.17) is 5.73 Å². The maximum absolute atomic E-state index is 13.8. The topological polar surface area (TPSA) is 88.8 Å². The summed E-state index contributed by atoms with van der Waals surface area (Å²) in [5.41, 5.74) is 6.18. The number of aromatic nitrogens is 2. The molecule has 0 saturated carbocycles. The summed E-state index contributed by atoms with van der Waals surface area (Å²) in [5.74, 6) is -0.419. The lowest BCUT2D eigenvalue weighted by Gasteiger charge is -2.04. The highest BCUT2D eigenvalue weighted by Gasteiger charge is 2.14. The largest absolute Gasteiger partial charge is 0.384 e. The normalized spacial score (nSPS) is 11.6. The molecule has 0 aliphatic rings. The number of rotatable bonds is 2. The fourth-order valence-electron chi connectivity index (χ4n) is 1.46. The average molecular weight is 255 g/mol. The Balaban J connectivity index is 2.57. The minimum atomic E-state index is -3.42. The van der Waals surface area contributed by atoms with E-state index < -0.39 is 15.7 Å². The van der Waals surface area contributed by atoms with Gasteiger partial charge in [0, 0.05) is 17.4 Å². The van der Waals surface area contributed by atoms with Crippen LogP contribution in [0.4, 0.5) is 10.2 Å². The molecular weight excluding hydrogens is 245 g/mol. The first-order chi connectivity index (χ1) is 7.89. The van der Waals surface area contributed by atoms with Gasteiger partial charge in [0.2, 0.25) is 0 Å². The zero-order valence-electron chi connectivity index (χ0n) is 8.94. The fourth-order valence-corrected chi connectivity index (χ4v) is 2.09. The van der Waals surface area contributed by atoms with E-state index in [0.717, 1.165) is 12.3 Å². The molecule has 5 nitrogen and oxygen atoms in total. The predicted octanol–water partition coefficient (Wildman–Crippen LogP) is 1.20. The summed E-state index contributed by atoms with van der Waals surface area (Å²) in [4.78, 5) is -0.0687. The second-order valence-corrected chi connectivity index (χ2v) is 5.63. The van der Waals surface area contributed by atoms with Crippen LogP contribution in [0.15, 0.2) is 29.3 Å². The number of hydrogen-bond donors (Lipinski definition) is 2. The second-order valence-electron chi connectivity index (χ2n) is 3.61. The first-order valence-electron chi connectivity index (χ1n) is 4.68. The van der Waals surface area contributed by atoms with E-state index in [0.29, 0.717) is 5.56 Å². The molecule has 0 radical (unpaired) electrons. The van der Waals surface area contributed by atoms with E-state index in [1.807, 2.05) is 0 Å². The van der Waals surface area contributed by atoms with Gasteiger partial charge in [-0.2, -0.15) is 5.10 Å². The van der Waals surface area contributed by atoms with Gasteiger partial charge in [-0.15, -0.1) is 0 Å². The molecule has 0 spiro atoms. The van der Waals surface area contributed by atoms with Gasteiger partial charge < -0.3 is 5.73 Å². The summed E-state index contributed by atoms with van der Waals surface area (Å²) in [5, 5.41) is 6.16. The molecule has 0 aliphatic carbocycles. The van der Waals surface area contributed by atoms with Crippen LogP contribution in [0.1, 0.15) is 0 Å². The molecule has 1 aromatic heterocycles. The summed E-state index contributed by atoms with van der Waals surface area (Å²) in [6.07, 6.45) is 2.40. The van der Waals surface area contributed by atoms with Crippen molar-refractivity contribution >= 4 is 15.7 Å². The van der Waals surface area contributed by atoms with Gasteiger partial charge in [0.25, 0.3) is 0 Å². The Kier molecular flexibility index (Phi) is 2.62. The van der Waals surface area contributed by atoms with Crippen LogP contribution in [-0.2, 0) is 9.84 Å². The number of sulfone groups is 1. The van der Waals surface area contributed by atoms with E-state index in [-0.39, 0.29) is 16.3 Å². The monoisotopic (exact) mass is 255 g/mol. The van der Waals surface area contributed by atoms with Gasteiger partial charge in [-0.05, 0) is 18.2 Å². The second kappa shape index (κ2) is 3.85. The molecule has 3 N–H and O–H groups in total. The van der Waals surface area contributed by atoms with Gasteiger partial charge in [-0.3, -0.25) is 5.10 Å². The zero-order valence-corrected chi connectivity index (χ0v) is 9.75. The number of nitrogens with zero attached hydrogens (tertiary/aromatic N) is 1. The third kappa shape index (κ3) is 2.14. The number of aromatic amines is 1. The van der Waals surface area contributed by atoms with E-state index in [2.05, 4.69) is 10.2 Å². The minimum Gasteiger partial charge on any atom is -0.384 e. The molecule has 0 saturated heterocycles. The number of nitrogens with two attached hydrogens (primary N) is 1. The molecule has 90 valence electrons. The molecule has 0 fully saturated rings. The van der Waals surface area contributed by atoms with Crippen molar-refractivity contribution in [2.75, 3.05) is 12.0 Å². The van der Waals surface area contributed by atoms with Crippen molar-refractivity contribution in [2.45, 2.75) is 4.90 Å². The van der Waals surface area contributed by atoms with E-state index in [1.54, 1.807) is 0 Å². The lowest BCUT2D eigenvalue weighted by atomic mass is 10.1. The van der Waals surface area contributed by atoms with Gasteiger partial charge in [-0.25, -0.2) is 12.8 Å². The molecule has 2 aromatic rings. The Morgan fingerprint density at radius 1 is 1.35 bits per heavy atom. The molecular formula is C10H10FN3O2S. The lowest BCUT2D eigenvalue weighted by Crippen LogP contribution is -1.98. The summed E-state index contributed by atoms with van der Waals surface area (Å²) in [7, 11) is -3.42. The number of hydrogen-bond acceptors (Lipinski definition) is 4. The third-order valence-corrected chi connectivity index (χ3v) is 3.44. The van der Waals surface area contributed by atoms with E-state index in [1.165, 1.54) is 18.3 Å². The maximum Gasteiger partial charge on any atom is 0.175 e. The van der Waals surface area contributed by atoms with Crippen molar-refractivity contribution in [2.24, 2.45) is 0 Å². The average Bonchev–Trinajstić information content (AvgIpc) is 2.63. The molecule has 1 aromatic carbocycles. The number of nitrogen functional groups attached to an aromatic ring is 1. The number of H-pyrrole nitrogens is 1. The van der Waals surface area contributed by atoms with Crippen LogP contribution in [0.25, 0.3) is 11.1 Å². The van der Waals surface area contributed by atoms with Crippen LogP contribution >= 0.6 is 0 Å². The van der Waals surface area contributed by atoms with Crippen molar-refractivity contribution in [3.8, 4) is 11.1 Å². The zero-order chi connectivity index (χ0) is 12.6. The fraction of sp³-hybridized carbons (Fsp3) is 0.100. The number of halogens is 1. The van der Waals surface area contributed by atoms with Crippen LogP contribution in [0.5, 0.6) is 0 Å². The number of anilines is 1. The Hall–Kier alpha value is -1.89. The maximum atomic E-state index is 13.8. The standard InChI is InChI=1S/C10H10FN3O2S/c1-17(15,16)6-2-3-7(9(11)4-6)8-5-13-14-10(8)12/h2-5H,1H3,(H3,12,13,14). The highest BCUT2D eigenvalue weighted by molar-refractivity contribution is 7.90. The van der Waals surface area contributed by atoms with E-state index >= 15 is 0 Å². The van der Waals surface area contributed by atoms with Crippen molar-refractivity contribution in [3.05, 3.63) is 30.2 Å². The van der Waals surface area contributed by atoms with Crippen molar-refractivity contribution in [1.82, 2.24) is 10.2 Å². The Morgan fingerprint density at radius 2 is 2.06 bits per heavy atom. The van der Waals surface area contributed by atoms with Crippen molar-refractivity contribution in [1.29, 1.82) is 0 Å². The van der Waals surface area contributed by atoms with Crippen LogP contribution in [0.2, 0.25) is 0 Å².